The molecule has 41 heavy (non-hydrogen) atoms. The van der Waals surface area contributed by atoms with Gasteiger partial charge in [-0.1, -0.05) is 18.2 Å². The second kappa shape index (κ2) is 12.8. The number of ether oxygens (including phenoxy) is 1. The summed E-state index contributed by atoms with van der Waals surface area (Å²) in [6, 6.07) is 9.12. The van der Waals surface area contributed by atoms with Gasteiger partial charge in [-0.15, -0.1) is 0 Å². The molecule has 4 atom stereocenters. The van der Waals surface area contributed by atoms with Gasteiger partial charge in [0.15, 0.2) is 0 Å². The first-order valence-electron chi connectivity index (χ1n) is 14.6. The van der Waals surface area contributed by atoms with Crippen molar-refractivity contribution in [2.45, 2.75) is 74.7 Å². The largest absolute Gasteiger partial charge is 0.381 e. The number of nitrogens with two attached hydrogens (primary N) is 1. The quantitative estimate of drug-likeness (QED) is 0.390. The van der Waals surface area contributed by atoms with Crippen LogP contribution in [0.5, 0.6) is 0 Å². The maximum Gasteiger partial charge on any atom is 0.241 e. The van der Waals surface area contributed by atoms with Gasteiger partial charge in [0.25, 0.3) is 0 Å². The number of benzene rings is 2. The normalized spacial score (nSPS) is 24.1. The molecule has 1 aliphatic carbocycles. The topological polar surface area (TPSA) is 114 Å². The third-order valence-corrected chi connectivity index (χ3v) is 11.2. The van der Waals surface area contributed by atoms with Gasteiger partial charge in [-0.3, -0.25) is 4.79 Å². The highest BCUT2D eigenvalue weighted by atomic mass is 32.2. The van der Waals surface area contributed by atoms with E-state index in [0.29, 0.717) is 56.8 Å². The summed E-state index contributed by atoms with van der Waals surface area (Å²) in [5.74, 6) is -1.59. The minimum atomic E-state index is -3.41. The van der Waals surface area contributed by atoms with Gasteiger partial charge in [-0.25, -0.2) is 17.2 Å². The van der Waals surface area contributed by atoms with Gasteiger partial charge >= 0.3 is 0 Å². The van der Waals surface area contributed by atoms with Crippen LogP contribution in [-0.4, -0.2) is 68.3 Å². The number of nitrogens with one attached hydrogen (secondary N) is 2. The number of carbonyl (C=O) groups excluding carboxylic acids is 1. The van der Waals surface area contributed by atoms with Gasteiger partial charge in [-0.2, -0.15) is 4.31 Å². The molecule has 3 fully saturated rings. The van der Waals surface area contributed by atoms with Gasteiger partial charge in [-0.05, 0) is 81.2 Å². The number of hydrogen-bond acceptors (Lipinski definition) is 6. The van der Waals surface area contributed by atoms with Crippen LogP contribution < -0.4 is 16.4 Å². The van der Waals surface area contributed by atoms with E-state index in [1.807, 2.05) is 6.92 Å². The summed E-state index contributed by atoms with van der Waals surface area (Å²) in [7, 11) is -3.41. The monoisotopic (exact) mass is 590 g/mol. The van der Waals surface area contributed by atoms with Crippen molar-refractivity contribution in [3.8, 4) is 0 Å². The van der Waals surface area contributed by atoms with Gasteiger partial charge in [0.1, 0.15) is 11.6 Å². The zero-order chi connectivity index (χ0) is 29.1. The number of sulfonamides is 1. The van der Waals surface area contributed by atoms with Crippen LogP contribution >= 0.6 is 0 Å². The molecule has 1 saturated carbocycles. The van der Waals surface area contributed by atoms with Crippen LogP contribution in [0.25, 0.3) is 0 Å². The molecule has 0 aromatic heterocycles. The zero-order valence-electron chi connectivity index (χ0n) is 23.4. The average Bonchev–Trinajstić information content (AvgIpc) is 3.81. The van der Waals surface area contributed by atoms with Crippen LogP contribution in [0.15, 0.2) is 42.5 Å². The Bertz CT molecular complexity index is 1320. The van der Waals surface area contributed by atoms with Gasteiger partial charge in [0.05, 0.1) is 11.3 Å². The molecule has 2 aromatic carbocycles. The Morgan fingerprint density at radius 2 is 1.80 bits per heavy atom. The molecule has 2 aromatic rings. The Labute approximate surface area is 241 Å². The number of nitrogens with zero attached hydrogens (tertiary/aromatic N) is 1. The molecule has 2 aliphatic heterocycles. The maximum atomic E-state index is 15.2. The van der Waals surface area contributed by atoms with Crippen LogP contribution in [0.4, 0.5) is 14.5 Å². The van der Waals surface area contributed by atoms with Crippen molar-refractivity contribution in [2.24, 2.45) is 11.7 Å². The van der Waals surface area contributed by atoms with Crippen molar-refractivity contribution in [1.29, 1.82) is 0 Å². The Hall–Kier alpha value is -2.44. The van der Waals surface area contributed by atoms with E-state index >= 15 is 4.39 Å². The standard InChI is InChI=1S/C30H40F2N4O4S/c1-19-17-34-18-23(36(19)41(38,39)24-10-11-24)9-12-25-26(32)3-2-4-27(25)35-30(37)29(33)28(21-13-15-40-16-14-21)20-5-7-22(31)8-6-20/h2-8,19,21,23-24,28-29,34H,9-18,33H2,1H3,(H,35,37)/t19-,23-,28?,29-/m0/s1. The van der Waals surface area contributed by atoms with E-state index < -0.39 is 27.8 Å². The van der Waals surface area contributed by atoms with Crippen LogP contribution in [0.2, 0.25) is 0 Å². The molecular formula is C30H40F2N4O4S. The highest BCUT2D eigenvalue weighted by Gasteiger charge is 2.45. The first-order chi connectivity index (χ1) is 19.7. The van der Waals surface area contributed by atoms with E-state index in [2.05, 4.69) is 10.6 Å². The van der Waals surface area contributed by atoms with Crippen molar-refractivity contribution >= 4 is 21.6 Å². The fourth-order valence-corrected chi connectivity index (χ4v) is 8.62. The van der Waals surface area contributed by atoms with Crippen LogP contribution in [0.1, 0.15) is 56.1 Å². The number of hydrogen-bond donors (Lipinski definition) is 3. The molecule has 224 valence electrons. The second-order valence-corrected chi connectivity index (χ2v) is 13.7. The smallest absolute Gasteiger partial charge is 0.241 e. The van der Waals surface area contributed by atoms with Crippen LogP contribution in [-0.2, 0) is 26.0 Å². The van der Waals surface area contributed by atoms with Crippen molar-refractivity contribution < 1.29 is 26.7 Å². The minimum Gasteiger partial charge on any atom is -0.381 e. The third kappa shape index (κ3) is 6.80. The predicted octanol–water partition coefficient (Wildman–Crippen LogP) is 3.53. The Kier molecular flexibility index (Phi) is 9.40. The Morgan fingerprint density at radius 1 is 1.10 bits per heavy atom. The summed E-state index contributed by atoms with van der Waals surface area (Å²) in [4.78, 5) is 13.6. The molecule has 2 saturated heterocycles. The average molecular weight is 591 g/mol. The first-order valence-corrected chi connectivity index (χ1v) is 16.1. The molecule has 1 unspecified atom stereocenters. The maximum absolute atomic E-state index is 15.2. The number of anilines is 1. The third-order valence-electron chi connectivity index (χ3n) is 8.68. The van der Waals surface area contributed by atoms with E-state index in [1.54, 1.807) is 22.5 Å². The molecule has 5 rings (SSSR count). The van der Waals surface area contributed by atoms with Gasteiger partial charge < -0.3 is 21.1 Å². The summed E-state index contributed by atoms with van der Waals surface area (Å²) in [6.45, 7) is 4.08. The van der Waals surface area contributed by atoms with Crippen LogP contribution in [0.3, 0.4) is 0 Å². The second-order valence-electron chi connectivity index (χ2n) is 11.6. The molecule has 11 heteroatoms. The lowest BCUT2D eigenvalue weighted by atomic mass is 9.76. The number of carbonyl (C=O) groups is 1. The molecule has 3 aliphatic rings. The Morgan fingerprint density at radius 3 is 2.49 bits per heavy atom. The van der Waals surface area contributed by atoms with Crippen molar-refractivity contribution in [3.63, 3.8) is 0 Å². The minimum absolute atomic E-state index is 0.0714. The lowest BCUT2D eigenvalue weighted by Gasteiger charge is -2.40. The van der Waals surface area contributed by atoms with E-state index in [0.717, 1.165) is 18.4 Å². The number of halogens is 2. The van der Waals surface area contributed by atoms with Crippen molar-refractivity contribution in [1.82, 2.24) is 9.62 Å². The predicted molar refractivity (Wildman–Crippen MR) is 154 cm³/mol. The summed E-state index contributed by atoms with van der Waals surface area (Å²) in [5, 5.41) is 5.84. The van der Waals surface area contributed by atoms with Gasteiger partial charge in [0, 0.05) is 55.6 Å². The van der Waals surface area contributed by atoms with Crippen molar-refractivity contribution in [3.05, 3.63) is 65.2 Å². The lowest BCUT2D eigenvalue weighted by Crippen LogP contribution is -2.59. The van der Waals surface area contributed by atoms with E-state index in [1.165, 1.54) is 24.3 Å². The fraction of sp³-hybridized carbons (Fsp3) is 0.567. The first kappa shape index (κ1) is 30.0. The SMILES string of the molecule is C[C@H]1CNC[C@H](CCc2c(F)cccc2NC(=O)[C@@H](N)C(c2ccc(F)cc2)C2CCOCC2)N1S(=O)(=O)C1CC1. The summed E-state index contributed by atoms with van der Waals surface area (Å²) >= 11 is 0. The molecule has 2 heterocycles. The Balaban J connectivity index is 1.33. The van der Waals surface area contributed by atoms with Crippen LogP contribution in [0, 0.1) is 17.6 Å². The van der Waals surface area contributed by atoms with E-state index in [4.69, 9.17) is 10.5 Å². The van der Waals surface area contributed by atoms with E-state index in [-0.39, 0.29) is 41.4 Å². The fourth-order valence-electron chi connectivity index (χ4n) is 6.38. The molecule has 8 nitrogen and oxygen atoms in total. The lowest BCUT2D eigenvalue weighted by molar-refractivity contribution is -0.118. The molecule has 0 spiro atoms. The summed E-state index contributed by atoms with van der Waals surface area (Å²) in [6.07, 6.45) is 3.46. The highest BCUT2D eigenvalue weighted by Crippen LogP contribution is 2.36. The molecule has 0 radical (unpaired) electrons. The van der Waals surface area contributed by atoms with Crippen molar-refractivity contribution in [2.75, 3.05) is 31.6 Å². The zero-order valence-corrected chi connectivity index (χ0v) is 24.2. The molecule has 4 N–H and O–H groups in total. The summed E-state index contributed by atoms with van der Waals surface area (Å²) < 4.78 is 62.4. The highest BCUT2D eigenvalue weighted by molar-refractivity contribution is 7.90. The van der Waals surface area contributed by atoms with E-state index in [9.17, 15) is 17.6 Å². The molecule has 0 bridgehead atoms. The number of amides is 1. The summed E-state index contributed by atoms with van der Waals surface area (Å²) in [5.41, 5.74) is 8.00. The van der Waals surface area contributed by atoms with Gasteiger partial charge in [0.2, 0.25) is 15.9 Å². The number of rotatable bonds is 10. The molecular weight excluding hydrogens is 550 g/mol. The molecule has 1 amide bonds. The number of piperazine rings is 1.